The molecule has 0 aromatic rings. The Bertz CT molecular complexity index is 393. The van der Waals surface area contributed by atoms with E-state index >= 15 is 0 Å². The maximum Gasteiger partial charge on any atom is 0.333 e. The fourth-order valence-electron chi connectivity index (χ4n) is 3.67. The lowest BCUT2D eigenvalue weighted by Gasteiger charge is -2.34. The van der Waals surface area contributed by atoms with Gasteiger partial charge in [-0.25, -0.2) is 4.79 Å². The zero-order valence-electron chi connectivity index (χ0n) is 12.5. The lowest BCUT2D eigenvalue weighted by Crippen LogP contribution is -2.35. The Morgan fingerprint density at radius 3 is 2.79 bits per heavy atom. The molecule has 108 valence electrons. The summed E-state index contributed by atoms with van der Waals surface area (Å²) in [5.41, 5.74) is 0.277. The van der Waals surface area contributed by atoms with Crippen molar-refractivity contribution in [3.8, 4) is 0 Å². The predicted octanol–water partition coefficient (Wildman–Crippen LogP) is 3.07. The van der Waals surface area contributed by atoms with Gasteiger partial charge in [0.05, 0.1) is 12.2 Å². The number of ether oxygens (including phenoxy) is 1. The first-order chi connectivity index (χ1) is 8.77. The Morgan fingerprint density at radius 2 is 2.16 bits per heavy atom. The third-order valence-corrected chi connectivity index (χ3v) is 4.80. The van der Waals surface area contributed by atoms with Gasteiger partial charge in [0.2, 0.25) is 0 Å². The molecule has 2 aliphatic carbocycles. The topological polar surface area (TPSA) is 46.5 Å². The van der Waals surface area contributed by atoms with Gasteiger partial charge in [-0.15, -0.1) is 0 Å². The smallest absolute Gasteiger partial charge is 0.333 e. The van der Waals surface area contributed by atoms with Gasteiger partial charge in [-0.1, -0.05) is 19.9 Å². The van der Waals surface area contributed by atoms with Crippen LogP contribution in [0.2, 0.25) is 0 Å². The molecule has 1 saturated carbocycles. The number of aliphatic hydroxyl groups is 1. The Morgan fingerprint density at radius 1 is 1.47 bits per heavy atom. The summed E-state index contributed by atoms with van der Waals surface area (Å²) in [5, 5.41) is 10.6. The quantitative estimate of drug-likeness (QED) is 0.781. The van der Waals surface area contributed by atoms with Crippen molar-refractivity contribution in [2.75, 3.05) is 6.61 Å². The highest BCUT2D eigenvalue weighted by molar-refractivity contribution is 5.89. The Kier molecular flexibility index (Phi) is 3.78. The molecule has 0 unspecified atom stereocenters. The fraction of sp³-hybridized carbons (Fsp3) is 0.812. The lowest BCUT2D eigenvalue weighted by molar-refractivity contribution is -0.139. The van der Waals surface area contributed by atoms with E-state index in [1.54, 1.807) is 0 Å². The molecule has 0 amide bonds. The summed E-state index contributed by atoms with van der Waals surface area (Å²) >= 11 is 0. The Balaban J connectivity index is 2.33. The van der Waals surface area contributed by atoms with Crippen molar-refractivity contribution in [3.05, 3.63) is 11.6 Å². The van der Waals surface area contributed by atoms with Crippen LogP contribution in [-0.4, -0.2) is 23.3 Å². The summed E-state index contributed by atoms with van der Waals surface area (Å²) in [6.07, 6.45) is 5.56. The van der Waals surface area contributed by atoms with Crippen molar-refractivity contribution in [3.63, 3.8) is 0 Å². The summed E-state index contributed by atoms with van der Waals surface area (Å²) in [4.78, 5) is 12.1. The van der Waals surface area contributed by atoms with Crippen LogP contribution in [-0.2, 0) is 9.53 Å². The average molecular weight is 266 g/mol. The zero-order chi connectivity index (χ0) is 14.3. The number of allylic oxidation sites excluding steroid dienone is 1. The van der Waals surface area contributed by atoms with E-state index in [1.165, 1.54) is 0 Å². The highest BCUT2D eigenvalue weighted by Gasteiger charge is 2.49. The molecular formula is C16H26O3. The van der Waals surface area contributed by atoms with Gasteiger partial charge >= 0.3 is 5.97 Å². The molecule has 0 bridgehead atoms. The van der Waals surface area contributed by atoms with E-state index in [1.807, 2.05) is 13.8 Å². The SMILES string of the molecule is CCOC(=O)C1=CCC(C)(C)C[C@H]2[C@H]1CC[C@@]2(C)O. The van der Waals surface area contributed by atoms with Gasteiger partial charge in [0.15, 0.2) is 0 Å². The van der Waals surface area contributed by atoms with Crippen LogP contribution in [0.25, 0.3) is 0 Å². The molecule has 1 N–H and O–H groups in total. The van der Waals surface area contributed by atoms with E-state index in [2.05, 4.69) is 19.9 Å². The molecule has 3 atom stereocenters. The molecule has 1 fully saturated rings. The predicted molar refractivity (Wildman–Crippen MR) is 74.6 cm³/mol. The zero-order valence-corrected chi connectivity index (χ0v) is 12.5. The second-order valence-corrected chi connectivity index (χ2v) is 7.06. The minimum atomic E-state index is -0.655. The van der Waals surface area contributed by atoms with Crippen molar-refractivity contribution >= 4 is 5.97 Å². The Labute approximate surface area is 116 Å². The molecule has 2 aliphatic rings. The molecule has 0 radical (unpaired) electrons. The minimum absolute atomic E-state index is 0.130. The van der Waals surface area contributed by atoms with E-state index in [0.29, 0.717) is 6.61 Å². The fourth-order valence-corrected chi connectivity index (χ4v) is 3.67. The van der Waals surface area contributed by atoms with Gasteiger partial charge in [-0.05, 0) is 56.8 Å². The first-order valence-electron chi connectivity index (χ1n) is 7.36. The summed E-state index contributed by atoms with van der Waals surface area (Å²) in [6, 6.07) is 0. The van der Waals surface area contributed by atoms with Gasteiger partial charge in [0.1, 0.15) is 0 Å². The van der Waals surface area contributed by atoms with Crippen molar-refractivity contribution in [1.29, 1.82) is 0 Å². The molecule has 3 heteroatoms. The van der Waals surface area contributed by atoms with Gasteiger partial charge in [-0.2, -0.15) is 0 Å². The summed E-state index contributed by atoms with van der Waals surface area (Å²) in [5.74, 6) is 0.143. The molecule has 2 rings (SSSR count). The number of fused-ring (bicyclic) bond motifs is 1. The van der Waals surface area contributed by atoms with Crippen LogP contribution in [0.5, 0.6) is 0 Å². The van der Waals surface area contributed by atoms with Crippen LogP contribution in [0.3, 0.4) is 0 Å². The lowest BCUT2D eigenvalue weighted by atomic mass is 9.74. The van der Waals surface area contributed by atoms with Crippen LogP contribution < -0.4 is 0 Å². The van der Waals surface area contributed by atoms with Crippen LogP contribution in [0.1, 0.15) is 53.4 Å². The highest BCUT2D eigenvalue weighted by atomic mass is 16.5. The van der Waals surface area contributed by atoms with E-state index in [-0.39, 0.29) is 23.2 Å². The summed E-state index contributed by atoms with van der Waals surface area (Å²) < 4.78 is 5.19. The largest absolute Gasteiger partial charge is 0.463 e. The van der Waals surface area contributed by atoms with Gasteiger partial charge in [0.25, 0.3) is 0 Å². The number of hydrogen-bond acceptors (Lipinski definition) is 3. The normalized spacial score (nSPS) is 37.2. The third-order valence-electron chi connectivity index (χ3n) is 4.80. The monoisotopic (exact) mass is 266 g/mol. The number of esters is 1. The molecule has 0 aromatic heterocycles. The number of carbonyl (C=O) groups excluding carboxylic acids is 1. The number of carbonyl (C=O) groups is 1. The molecular weight excluding hydrogens is 240 g/mol. The molecule has 19 heavy (non-hydrogen) atoms. The van der Waals surface area contributed by atoms with E-state index < -0.39 is 5.60 Å². The molecule has 0 aliphatic heterocycles. The van der Waals surface area contributed by atoms with Crippen LogP contribution in [0, 0.1) is 17.3 Å². The molecule has 0 heterocycles. The van der Waals surface area contributed by atoms with Crippen LogP contribution in [0.15, 0.2) is 11.6 Å². The molecule has 0 aromatic carbocycles. The van der Waals surface area contributed by atoms with Gasteiger partial charge in [0, 0.05) is 5.57 Å². The van der Waals surface area contributed by atoms with Crippen LogP contribution >= 0.6 is 0 Å². The third kappa shape index (κ3) is 2.86. The first kappa shape index (κ1) is 14.6. The van der Waals surface area contributed by atoms with Gasteiger partial charge < -0.3 is 9.84 Å². The highest BCUT2D eigenvalue weighted by Crippen LogP contribution is 2.51. The minimum Gasteiger partial charge on any atom is -0.463 e. The van der Waals surface area contributed by atoms with Crippen molar-refractivity contribution in [1.82, 2.24) is 0 Å². The average Bonchev–Trinajstić information content (AvgIpc) is 2.50. The molecule has 3 nitrogen and oxygen atoms in total. The van der Waals surface area contributed by atoms with Crippen LogP contribution in [0.4, 0.5) is 0 Å². The van der Waals surface area contributed by atoms with Gasteiger partial charge in [-0.3, -0.25) is 0 Å². The standard InChI is InChI=1S/C16H26O3/c1-5-19-14(17)12-6-8-15(2,3)10-13-11(12)7-9-16(13,4)18/h6,11,13,18H,5,7-10H2,1-4H3/t11-,13-,16+/m0/s1. The van der Waals surface area contributed by atoms with E-state index in [0.717, 1.165) is 31.3 Å². The van der Waals surface area contributed by atoms with Crippen molar-refractivity contribution in [2.24, 2.45) is 17.3 Å². The number of hydrogen-bond donors (Lipinski definition) is 1. The second-order valence-electron chi connectivity index (χ2n) is 7.06. The summed E-state index contributed by atoms with van der Waals surface area (Å²) in [6.45, 7) is 8.59. The van der Waals surface area contributed by atoms with E-state index in [4.69, 9.17) is 4.74 Å². The Hall–Kier alpha value is -0.830. The maximum atomic E-state index is 12.1. The van der Waals surface area contributed by atoms with Crippen molar-refractivity contribution < 1.29 is 14.6 Å². The maximum absolute atomic E-state index is 12.1. The summed E-state index contributed by atoms with van der Waals surface area (Å²) in [7, 11) is 0. The second kappa shape index (κ2) is 4.93. The molecule has 0 spiro atoms. The molecule has 0 saturated heterocycles. The van der Waals surface area contributed by atoms with Crippen molar-refractivity contribution in [2.45, 2.75) is 59.0 Å². The first-order valence-corrected chi connectivity index (χ1v) is 7.36. The van der Waals surface area contributed by atoms with E-state index in [9.17, 15) is 9.90 Å². The number of rotatable bonds is 2.